The van der Waals surface area contributed by atoms with E-state index in [1.165, 1.54) is 5.56 Å². The van der Waals surface area contributed by atoms with Crippen molar-refractivity contribution in [3.8, 4) is 5.75 Å². The van der Waals surface area contributed by atoms with Crippen LogP contribution in [0.25, 0.3) is 0 Å². The molecule has 1 atom stereocenters. The van der Waals surface area contributed by atoms with E-state index in [1.807, 2.05) is 30.0 Å². The molecular weight excluding hydrogens is 316 g/mol. The number of anilines is 1. The zero-order chi connectivity index (χ0) is 17.8. The summed E-state index contributed by atoms with van der Waals surface area (Å²) < 4.78 is 7.49. The number of carbonyl (C=O) groups excluding carboxylic acids is 1. The molecule has 1 aliphatic rings. The third-order valence-corrected chi connectivity index (χ3v) is 4.57. The zero-order valence-electron chi connectivity index (χ0n) is 14.9. The number of nitrogens with zero attached hydrogens (tertiary/aromatic N) is 3. The predicted molar refractivity (Wildman–Crippen MR) is 97.4 cm³/mol. The Balaban J connectivity index is 1.53. The molecule has 0 radical (unpaired) electrons. The third-order valence-electron chi connectivity index (χ3n) is 4.57. The van der Waals surface area contributed by atoms with E-state index in [2.05, 4.69) is 18.1 Å². The van der Waals surface area contributed by atoms with Crippen molar-refractivity contribution in [2.24, 2.45) is 5.92 Å². The molecule has 134 valence electrons. The highest BCUT2D eigenvalue weighted by molar-refractivity contribution is 5.76. The lowest BCUT2D eigenvalue weighted by Crippen LogP contribution is -2.43. The average molecular weight is 342 g/mol. The fraction of sp³-hybridized carbons (Fsp3) is 0.474. The molecule has 1 amide bonds. The van der Waals surface area contributed by atoms with E-state index in [4.69, 9.17) is 10.5 Å². The van der Waals surface area contributed by atoms with Crippen LogP contribution in [0.1, 0.15) is 24.1 Å². The first-order chi connectivity index (χ1) is 12.0. The van der Waals surface area contributed by atoms with Gasteiger partial charge in [0, 0.05) is 25.1 Å². The highest BCUT2D eigenvalue weighted by Gasteiger charge is 2.24. The molecule has 6 nitrogen and oxygen atoms in total. The zero-order valence-corrected chi connectivity index (χ0v) is 14.9. The van der Waals surface area contributed by atoms with E-state index in [1.54, 1.807) is 10.7 Å². The molecule has 1 aromatic carbocycles. The van der Waals surface area contributed by atoms with Crippen LogP contribution in [0.4, 0.5) is 5.82 Å². The van der Waals surface area contributed by atoms with Gasteiger partial charge in [0.25, 0.3) is 0 Å². The second-order valence-electron chi connectivity index (χ2n) is 6.84. The molecule has 2 N–H and O–H groups in total. The maximum atomic E-state index is 12.6. The van der Waals surface area contributed by atoms with Crippen LogP contribution in [-0.2, 0) is 11.3 Å². The maximum absolute atomic E-state index is 12.6. The molecular formula is C19H26N4O2. The van der Waals surface area contributed by atoms with Crippen molar-refractivity contribution >= 4 is 11.7 Å². The van der Waals surface area contributed by atoms with Gasteiger partial charge in [0.1, 0.15) is 18.1 Å². The third kappa shape index (κ3) is 4.53. The summed E-state index contributed by atoms with van der Waals surface area (Å²) in [6.45, 7) is 6.28. The summed E-state index contributed by atoms with van der Waals surface area (Å²) in [5.74, 6) is 1.84. The van der Waals surface area contributed by atoms with Crippen LogP contribution in [0.5, 0.6) is 5.75 Å². The van der Waals surface area contributed by atoms with E-state index in [9.17, 15) is 4.79 Å². The number of likely N-dealkylation sites (tertiary alicyclic amines) is 1. The Bertz CT molecular complexity index is 741. The standard InChI is InChI=1S/C19H26N4O2/c1-14-5-3-7-17(9-14)25-13-16-6-4-8-22(11-16)19(24)12-23-18(20)10-15(2)21-23/h3,5,7,9-10,16H,4,6,8,11-13,20H2,1-2H3/t16-/m1/s1. The number of nitrogen functional groups attached to an aromatic ring is 1. The van der Waals surface area contributed by atoms with E-state index in [0.29, 0.717) is 18.3 Å². The molecule has 0 aliphatic carbocycles. The van der Waals surface area contributed by atoms with Gasteiger partial charge in [-0.25, -0.2) is 4.68 Å². The summed E-state index contributed by atoms with van der Waals surface area (Å²) in [6, 6.07) is 9.84. The van der Waals surface area contributed by atoms with Crippen LogP contribution in [0, 0.1) is 19.8 Å². The maximum Gasteiger partial charge on any atom is 0.244 e. The summed E-state index contributed by atoms with van der Waals surface area (Å²) in [5.41, 5.74) is 7.89. The molecule has 0 bridgehead atoms. The summed E-state index contributed by atoms with van der Waals surface area (Å²) in [7, 11) is 0. The second kappa shape index (κ2) is 7.59. The fourth-order valence-corrected chi connectivity index (χ4v) is 3.27. The Hall–Kier alpha value is -2.50. The van der Waals surface area contributed by atoms with Gasteiger partial charge >= 0.3 is 0 Å². The van der Waals surface area contributed by atoms with Crippen LogP contribution in [0.2, 0.25) is 0 Å². The van der Waals surface area contributed by atoms with Gasteiger partial charge in [-0.15, -0.1) is 0 Å². The van der Waals surface area contributed by atoms with Crippen molar-refractivity contribution in [3.63, 3.8) is 0 Å². The quantitative estimate of drug-likeness (QED) is 0.905. The Labute approximate surface area is 148 Å². The Morgan fingerprint density at radius 3 is 2.92 bits per heavy atom. The van der Waals surface area contributed by atoms with Crippen molar-refractivity contribution in [1.82, 2.24) is 14.7 Å². The molecule has 6 heteroatoms. The molecule has 3 rings (SSSR count). The van der Waals surface area contributed by atoms with Crippen LogP contribution >= 0.6 is 0 Å². The first-order valence-electron chi connectivity index (χ1n) is 8.78. The monoisotopic (exact) mass is 342 g/mol. The lowest BCUT2D eigenvalue weighted by molar-refractivity contribution is -0.134. The molecule has 1 saturated heterocycles. The Morgan fingerprint density at radius 1 is 1.36 bits per heavy atom. The van der Waals surface area contributed by atoms with Crippen LogP contribution in [0.15, 0.2) is 30.3 Å². The van der Waals surface area contributed by atoms with Gasteiger partial charge in [-0.05, 0) is 44.4 Å². The minimum Gasteiger partial charge on any atom is -0.493 e. The minimum atomic E-state index is 0.0649. The molecule has 0 saturated carbocycles. The SMILES string of the molecule is Cc1cccc(OC[C@@H]2CCCN(C(=O)Cn3nc(C)cc3N)C2)c1. The molecule has 25 heavy (non-hydrogen) atoms. The van der Waals surface area contributed by atoms with Gasteiger partial charge in [-0.2, -0.15) is 5.10 Å². The number of carbonyl (C=O) groups is 1. The van der Waals surface area contributed by atoms with E-state index >= 15 is 0 Å². The van der Waals surface area contributed by atoms with E-state index < -0.39 is 0 Å². The van der Waals surface area contributed by atoms with E-state index in [0.717, 1.165) is 37.4 Å². The summed E-state index contributed by atoms with van der Waals surface area (Å²) in [5, 5.41) is 4.27. The van der Waals surface area contributed by atoms with Gasteiger partial charge < -0.3 is 15.4 Å². The first-order valence-corrected chi connectivity index (χ1v) is 8.78. The second-order valence-corrected chi connectivity index (χ2v) is 6.84. The highest BCUT2D eigenvalue weighted by atomic mass is 16.5. The molecule has 1 aliphatic heterocycles. The number of rotatable bonds is 5. The summed E-state index contributed by atoms with van der Waals surface area (Å²) in [6.07, 6.45) is 2.08. The summed E-state index contributed by atoms with van der Waals surface area (Å²) >= 11 is 0. The number of hydrogen-bond acceptors (Lipinski definition) is 4. The topological polar surface area (TPSA) is 73.4 Å². The van der Waals surface area contributed by atoms with Gasteiger partial charge in [0.2, 0.25) is 5.91 Å². The number of ether oxygens (including phenoxy) is 1. The average Bonchev–Trinajstić information content (AvgIpc) is 2.90. The normalized spacial score (nSPS) is 17.5. The number of hydrogen-bond donors (Lipinski definition) is 1. The van der Waals surface area contributed by atoms with Gasteiger partial charge in [-0.3, -0.25) is 4.79 Å². The number of aromatic nitrogens is 2. The smallest absolute Gasteiger partial charge is 0.244 e. The Kier molecular flexibility index (Phi) is 5.26. The molecule has 0 unspecified atom stereocenters. The van der Waals surface area contributed by atoms with E-state index in [-0.39, 0.29) is 12.5 Å². The fourth-order valence-electron chi connectivity index (χ4n) is 3.27. The highest BCUT2D eigenvalue weighted by Crippen LogP contribution is 2.20. The van der Waals surface area contributed by atoms with Crippen molar-refractivity contribution in [1.29, 1.82) is 0 Å². The molecule has 1 fully saturated rings. The summed E-state index contributed by atoms with van der Waals surface area (Å²) in [4.78, 5) is 14.5. The van der Waals surface area contributed by atoms with Crippen molar-refractivity contribution in [3.05, 3.63) is 41.6 Å². The number of aryl methyl sites for hydroxylation is 2. The molecule has 0 spiro atoms. The van der Waals surface area contributed by atoms with Crippen molar-refractivity contribution < 1.29 is 9.53 Å². The molecule has 2 heterocycles. The lowest BCUT2D eigenvalue weighted by atomic mass is 9.99. The number of amides is 1. The minimum absolute atomic E-state index is 0.0649. The van der Waals surface area contributed by atoms with Crippen LogP contribution in [-0.4, -0.2) is 40.3 Å². The number of nitrogens with two attached hydrogens (primary N) is 1. The van der Waals surface area contributed by atoms with Crippen LogP contribution in [0.3, 0.4) is 0 Å². The van der Waals surface area contributed by atoms with Gasteiger partial charge in [0.05, 0.1) is 12.3 Å². The van der Waals surface area contributed by atoms with Crippen LogP contribution < -0.4 is 10.5 Å². The lowest BCUT2D eigenvalue weighted by Gasteiger charge is -2.32. The molecule has 2 aromatic rings. The molecule has 1 aromatic heterocycles. The predicted octanol–water partition coefficient (Wildman–Crippen LogP) is 2.40. The van der Waals surface area contributed by atoms with Crippen molar-refractivity contribution in [2.45, 2.75) is 33.2 Å². The van der Waals surface area contributed by atoms with Crippen molar-refractivity contribution in [2.75, 3.05) is 25.4 Å². The van der Waals surface area contributed by atoms with Gasteiger partial charge in [0.15, 0.2) is 0 Å². The first kappa shape index (κ1) is 17.3. The van der Waals surface area contributed by atoms with Gasteiger partial charge in [-0.1, -0.05) is 12.1 Å². The number of piperidine rings is 1. The largest absolute Gasteiger partial charge is 0.493 e. The Morgan fingerprint density at radius 2 is 2.20 bits per heavy atom. The number of benzene rings is 1.